The number of ether oxygens (including phenoxy) is 1. The summed E-state index contributed by atoms with van der Waals surface area (Å²) in [7, 11) is 1.56. The quantitative estimate of drug-likeness (QED) is 0.312. The number of fused-ring (bicyclic) bond motifs is 6. The Morgan fingerprint density at radius 3 is 2.61 bits per heavy atom. The molecule has 3 aliphatic rings. The number of rotatable bonds is 5. The zero-order chi connectivity index (χ0) is 26.8. The van der Waals surface area contributed by atoms with Gasteiger partial charge in [-0.15, -0.1) is 0 Å². The zero-order valence-corrected chi connectivity index (χ0v) is 20.6. The Morgan fingerprint density at radius 1 is 1.08 bits per heavy atom. The molecular weight excluding hydrogens is 486 g/mol. The van der Waals surface area contributed by atoms with Gasteiger partial charge in [-0.3, -0.25) is 24.5 Å². The number of nitro benzene ring substituents is 1. The molecular formula is C29H23N3O6. The molecule has 3 aromatic rings. The van der Waals surface area contributed by atoms with E-state index >= 15 is 0 Å². The van der Waals surface area contributed by atoms with Crippen molar-refractivity contribution < 1.29 is 24.0 Å². The summed E-state index contributed by atoms with van der Waals surface area (Å²) in [5.41, 5.74) is 1.07. The van der Waals surface area contributed by atoms with Crippen molar-refractivity contribution in [2.75, 3.05) is 17.3 Å². The van der Waals surface area contributed by atoms with Crippen molar-refractivity contribution >= 4 is 40.6 Å². The molecule has 9 heteroatoms. The number of ketones is 2. The third kappa shape index (κ3) is 3.08. The molecule has 0 unspecified atom stereocenters. The normalized spacial score (nSPS) is 24.4. The average Bonchev–Trinajstić information content (AvgIpc) is 3.40. The van der Waals surface area contributed by atoms with Crippen molar-refractivity contribution in [2.24, 2.45) is 5.92 Å². The third-order valence-corrected chi connectivity index (χ3v) is 7.88. The van der Waals surface area contributed by atoms with Crippen LogP contribution in [0.25, 0.3) is 6.08 Å². The fraction of sp³-hybridized carbons (Fsp3) is 0.207. The average molecular weight is 510 g/mol. The van der Waals surface area contributed by atoms with Gasteiger partial charge in [0.15, 0.2) is 11.6 Å². The number of hydrogen-bond acceptors (Lipinski definition) is 7. The van der Waals surface area contributed by atoms with Gasteiger partial charge in [0, 0.05) is 34.6 Å². The Kier molecular flexibility index (Phi) is 5.20. The van der Waals surface area contributed by atoms with Gasteiger partial charge in [0.25, 0.3) is 5.69 Å². The maximum atomic E-state index is 14.4. The molecule has 38 heavy (non-hydrogen) atoms. The summed E-state index contributed by atoms with van der Waals surface area (Å²) in [4.78, 5) is 54.6. The van der Waals surface area contributed by atoms with Crippen molar-refractivity contribution in [2.45, 2.75) is 24.4 Å². The molecule has 1 spiro atoms. The SMILES string of the molecule is COc1ccc2c(c1)C=C[C@@H]1N2[C@H](C(C)=O)[C@@H](C(=O)c2cccc([N+](=O)[O-])c2)[C@]12C(=O)Nc1ccccc12. The Morgan fingerprint density at radius 2 is 1.87 bits per heavy atom. The summed E-state index contributed by atoms with van der Waals surface area (Å²) in [6.45, 7) is 1.41. The van der Waals surface area contributed by atoms with E-state index < -0.39 is 34.1 Å². The number of nitro groups is 1. The van der Waals surface area contributed by atoms with E-state index in [1.165, 1.54) is 31.2 Å². The number of non-ortho nitro benzene ring substituents is 1. The van der Waals surface area contributed by atoms with Crippen LogP contribution >= 0.6 is 0 Å². The molecule has 3 heterocycles. The Balaban J connectivity index is 1.63. The number of nitrogens with one attached hydrogen (secondary N) is 1. The second-order valence-corrected chi connectivity index (χ2v) is 9.71. The minimum absolute atomic E-state index is 0.0748. The van der Waals surface area contributed by atoms with Crippen LogP contribution in [-0.4, -0.2) is 41.6 Å². The number of amides is 1. The van der Waals surface area contributed by atoms with Gasteiger partial charge in [-0.05, 0) is 36.8 Å². The van der Waals surface area contributed by atoms with Crippen molar-refractivity contribution in [3.8, 4) is 5.75 Å². The minimum Gasteiger partial charge on any atom is -0.497 e. The number of para-hydroxylation sites is 1. The second kappa shape index (κ2) is 8.37. The maximum Gasteiger partial charge on any atom is 0.270 e. The number of carbonyl (C=O) groups excluding carboxylic acids is 3. The van der Waals surface area contributed by atoms with Crippen LogP contribution in [0.5, 0.6) is 5.75 Å². The summed E-state index contributed by atoms with van der Waals surface area (Å²) < 4.78 is 5.38. The van der Waals surface area contributed by atoms with Crippen LogP contribution in [-0.2, 0) is 15.0 Å². The summed E-state index contributed by atoms with van der Waals surface area (Å²) in [6.07, 6.45) is 3.74. The standard InChI is InChI=1S/C29H23N3O6/c1-16(33)26-25(27(34)18-6-5-7-19(14-18)32(36)37)29(21-8-3-4-9-22(21)30-28(29)35)24-13-10-17-15-20(38-2)11-12-23(17)31(24)26/h3-15,24-26H,1-2H3,(H,30,35)/t24-,25-,26+,29+/m0/s1. The molecule has 1 fully saturated rings. The van der Waals surface area contributed by atoms with Gasteiger partial charge in [-0.2, -0.15) is 0 Å². The van der Waals surface area contributed by atoms with E-state index in [4.69, 9.17) is 4.74 Å². The van der Waals surface area contributed by atoms with E-state index in [0.29, 0.717) is 22.7 Å². The summed E-state index contributed by atoms with van der Waals surface area (Å²) >= 11 is 0. The lowest BCUT2D eigenvalue weighted by atomic mass is 9.64. The van der Waals surface area contributed by atoms with Crippen LogP contribution in [0.4, 0.5) is 17.1 Å². The number of Topliss-reactive ketones (excluding diaryl/α,β-unsaturated/α-hetero) is 2. The predicted molar refractivity (Wildman–Crippen MR) is 140 cm³/mol. The van der Waals surface area contributed by atoms with E-state index in [2.05, 4.69) is 5.32 Å². The number of hydrogen-bond donors (Lipinski definition) is 1. The Labute approximate surface area is 217 Å². The lowest BCUT2D eigenvalue weighted by Gasteiger charge is -2.37. The van der Waals surface area contributed by atoms with Crippen LogP contribution in [0, 0.1) is 16.0 Å². The first-order valence-corrected chi connectivity index (χ1v) is 12.1. The Bertz CT molecular complexity index is 1580. The van der Waals surface area contributed by atoms with Gasteiger partial charge in [0.2, 0.25) is 5.91 Å². The maximum absolute atomic E-state index is 14.4. The second-order valence-electron chi connectivity index (χ2n) is 9.71. The molecule has 0 bridgehead atoms. The van der Waals surface area contributed by atoms with Crippen molar-refractivity contribution in [1.82, 2.24) is 0 Å². The van der Waals surface area contributed by atoms with Gasteiger partial charge in [0.1, 0.15) is 11.2 Å². The monoisotopic (exact) mass is 509 g/mol. The molecule has 0 saturated carbocycles. The predicted octanol–water partition coefficient (Wildman–Crippen LogP) is 4.17. The van der Waals surface area contributed by atoms with Crippen LogP contribution in [0.3, 0.4) is 0 Å². The minimum atomic E-state index is -1.44. The molecule has 0 aliphatic carbocycles. The molecule has 190 valence electrons. The molecule has 6 rings (SSSR count). The fourth-order valence-corrected chi connectivity index (χ4v) is 6.39. The van der Waals surface area contributed by atoms with Crippen molar-refractivity contribution in [1.29, 1.82) is 0 Å². The van der Waals surface area contributed by atoms with Gasteiger partial charge < -0.3 is 15.0 Å². The molecule has 4 atom stereocenters. The number of nitrogens with zero attached hydrogens (tertiary/aromatic N) is 2. The summed E-state index contributed by atoms with van der Waals surface area (Å²) in [5, 5.41) is 14.4. The molecule has 9 nitrogen and oxygen atoms in total. The number of anilines is 2. The van der Waals surface area contributed by atoms with E-state index in [-0.39, 0.29) is 22.9 Å². The molecule has 0 radical (unpaired) electrons. The highest BCUT2D eigenvalue weighted by atomic mass is 16.6. The molecule has 1 amide bonds. The zero-order valence-electron chi connectivity index (χ0n) is 20.6. The van der Waals surface area contributed by atoms with Gasteiger partial charge in [-0.1, -0.05) is 42.5 Å². The third-order valence-electron chi connectivity index (χ3n) is 7.88. The van der Waals surface area contributed by atoms with E-state index in [1.807, 2.05) is 29.2 Å². The van der Waals surface area contributed by atoms with E-state index in [9.17, 15) is 24.5 Å². The van der Waals surface area contributed by atoms with Gasteiger partial charge in [0.05, 0.1) is 30.0 Å². The Hall–Kier alpha value is -4.79. The molecule has 3 aliphatic heterocycles. The summed E-state index contributed by atoms with van der Waals surface area (Å²) in [6, 6.07) is 16.4. The largest absolute Gasteiger partial charge is 0.497 e. The lowest BCUT2D eigenvalue weighted by molar-refractivity contribution is -0.384. The number of benzene rings is 3. The smallest absolute Gasteiger partial charge is 0.270 e. The number of methoxy groups -OCH3 is 1. The number of carbonyl (C=O) groups is 3. The first-order valence-electron chi connectivity index (χ1n) is 12.1. The topological polar surface area (TPSA) is 119 Å². The molecule has 1 saturated heterocycles. The first kappa shape index (κ1) is 23.6. The molecule has 0 aromatic heterocycles. The van der Waals surface area contributed by atoms with Crippen LogP contribution in [0.15, 0.2) is 72.8 Å². The van der Waals surface area contributed by atoms with Crippen LogP contribution in [0.1, 0.15) is 28.4 Å². The summed E-state index contributed by atoms with van der Waals surface area (Å²) in [5.74, 6) is -1.69. The van der Waals surface area contributed by atoms with Gasteiger partial charge in [-0.25, -0.2) is 0 Å². The van der Waals surface area contributed by atoms with Crippen LogP contribution in [0.2, 0.25) is 0 Å². The fourth-order valence-electron chi connectivity index (χ4n) is 6.39. The molecule has 3 aromatic carbocycles. The van der Waals surface area contributed by atoms with E-state index in [0.717, 1.165) is 5.56 Å². The van der Waals surface area contributed by atoms with Crippen molar-refractivity contribution in [3.63, 3.8) is 0 Å². The van der Waals surface area contributed by atoms with Crippen LogP contribution < -0.4 is 15.0 Å². The van der Waals surface area contributed by atoms with Gasteiger partial charge >= 0.3 is 0 Å². The highest BCUT2D eigenvalue weighted by Crippen LogP contribution is 2.58. The lowest BCUT2D eigenvalue weighted by Crippen LogP contribution is -2.51. The highest BCUT2D eigenvalue weighted by Gasteiger charge is 2.69. The van der Waals surface area contributed by atoms with Crippen molar-refractivity contribution in [3.05, 3.63) is 99.6 Å². The highest BCUT2D eigenvalue weighted by molar-refractivity contribution is 6.16. The molecule has 1 N–H and O–H groups in total. The van der Waals surface area contributed by atoms with E-state index in [1.54, 1.807) is 37.4 Å². The first-order chi connectivity index (χ1) is 18.3.